The van der Waals surface area contributed by atoms with Crippen molar-refractivity contribution in [2.24, 2.45) is 5.10 Å². The molecule has 0 spiro atoms. The molecule has 0 bridgehead atoms. The van der Waals surface area contributed by atoms with E-state index in [1.54, 1.807) is 18.3 Å². The van der Waals surface area contributed by atoms with Gasteiger partial charge in [0.2, 0.25) is 0 Å². The van der Waals surface area contributed by atoms with Gasteiger partial charge in [-0.25, -0.2) is 9.82 Å². The lowest BCUT2D eigenvalue weighted by molar-refractivity contribution is -0.123. The molecule has 0 aromatic heterocycles. The number of carbonyl (C=O) groups excluding carboxylic acids is 1. The van der Waals surface area contributed by atoms with Crippen LogP contribution in [0.5, 0.6) is 5.75 Å². The third-order valence-electron chi connectivity index (χ3n) is 4.19. The molecule has 0 atom stereocenters. The zero-order valence-corrected chi connectivity index (χ0v) is 18.7. The molecule has 1 aliphatic heterocycles. The summed E-state index contributed by atoms with van der Waals surface area (Å²) in [6.45, 7) is 3.39. The molecule has 2 aromatic carbocycles. The SMILES string of the molecule is O=C(CN1CCOCC1)N/N=C/c1cc(Br)c(OCc2ccc(F)cc2)c(Br)c1. The number of nitrogens with zero attached hydrogens (tertiary/aromatic N) is 2. The van der Waals surface area contributed by atoms with E-state index in [1.165, 1.54) is 12.1 Å². The Balaban J connectivity index is 1.54. The van der Waals surface area contributed by atoms with Crippen LogP contribution < -0.4 is 10.2 Å². The molecule has 29 heavy (non-hydrogen) atoms. The maximum atomic E-state index is 13.0. The zero-order valence-electron chi connectivity index (χ0n) is 15.5. The van der Waals surface area contributed by atoms with Crippen LogP contribution in [0.3, 0.4) is 0 Å². The fourth-order valence-electron chi connectivity index (χ4n) is 2.70. The van der Waals surface area contributed by atoms with Gasteiger partial charge in [0.25, 0.3) is 5.91 Å². The molecule has 1 fully saturated rings. The monoisotopic (exact) mass is 527 g/mol. The summed E-state index contributed by atoms with van der Waals surface area (Å²) in [6.07, 6.45) is 1.57. The average molecular weight is 529 g/mol. The van der Waals surface area contributed by atoms with E-state index in [1.807, 2.05) is 17.0 Å². The minimum atomic E-state index is -0.281. The van der Waals surface area contributed by atoms with E-state index in [2.05, 4.69) is 42.4 Å². The molecule has 1 heterocycles. The number of hydrogen-bond donors (Lipinski definition) is 1. The smallest absolute Gasteiger partial charge is 0.254 e. The minimum absolute atomic E-state index is 0.166. The lowest BCUT2D eigenvalue weighted by atomic mass is 10.2. The molecular formula is C20H20Br2FN3O3. The Labute approximate surface area is 185 Å². The number of ether oxygens (including phenoxy) is 2. The normalized spacial score (nSPS) is 14.9. The van der Waals surface area contributed by atoms with Crippen molar-refractivity contribution in [1.29, 1.82) is 0 Å². The van der Waals surface area contributed by atoms with Crippen LogP contribution in [0.15, 0.2) is 50.4 Å². The van der Waals surface area contributed by atoms with E-state index in [0.717, 1.165) is 33.2 Å². The van der Waals surface area contributed by atoms with E-state index < -0.39 is 0 Å². The van der Waals surface area contributed by atoms with Crippen molar-refractivity contribution in [2.75, 3.05) is 32.8 Å². The van der Waals surface area contributed by atoms with Crippen LogP contribution >= 0.6 is 31.9 Å². The fraction of sp³-hybridized carbons (Fsp3) is 0.300. The van der Waals surface area contributed by atoms with Gasteiger partial charge < -0.3 is 9.47 Å². The van der Waals surface area contributed by atoms with Gasteiger partial charge in [-0.3, -0.25) is 9.69 Å². The quantitative estimate of drug-likeness (QED) is 0.439. The van der Waals surface area contributed by atoms with Gasteiger partial charge in [-0.15, -0.1) is 0 Å². The highest BCUT2D eigenvalue weighted by molar-refractivity contribution is 9.11. The topological polar surface area (TPSA) is 63.2 Å². The van der Waals surface area contributed by atoms with E-state index in [0.29, 0.717) is 32.1 Å². The summed E-state index contributed by atoms with van der Waals surface area (Å²) >= 11 is 6.97. The van der Waals surface area contributed by atoms with Crippen LogP contribution in [0.4, 0.5) is 4.39 Å². The van der Waals surface area contributed by atoms with Crippen LogP contribution in [0.1, 0.15) is 11.1 Å². The molecule has 0 radical (unpaired) electrons. The van der Waals surface area contributed by atoms with Crippen LogP contribution in [-0.4, -0.2) is 49.9 Å². The largest absolute Gasteiger partial charge is 0.487 e. The van der Waals surface area contributed by atoms with E-state index in [4.69, 9.17) is 9.47 Å². The lowest BCUT2D eigenvalue weighted by Crippen LogP contribution is -2.42. The van der Waals surface area contributed by atoms with Crippen molar-refractivity contribution in [3.8, 4) is 5.75 Å². The minimum Gasteiger partial charge on any atom is -0.487 e. The Hall–Kier alpha value is -1.81. The molecule has 1 saturated heterocycles. The second-order valence-electron chi connectivity index (χ2n) is 6.41. The molecule has 0 aliphatic carbocycles. The lowest BCUT2D eigenvalue weighted by Gasteiger charge is -2.25. The van der Waals surface area contributed by atoms with Gasteiger partial charge in [0.15, 0.2) is 0 Å². The molecule has 154 valence electrons. The highest BCUT2D eigenvalue weighted by Crippen LogP contribution is 2.35. The van der Waals surface area contributed by atoms with Gasteiger partial charge in [0.1, 0.15) is 18.2 Å². The number of morpholine rings is 1. The molecule has 2 aromatic rings. The molecule has 1 amide bonds. The van der Waals surface area contributed by atoms with Crippen molar-refractivity contribution in [2.45, 2.75) is 6.61 Å². The second-order valence-corrected chi connectivity index (χ2v) is 8.12. The van der Waals surface area contributed by atoms with Gasteiger partial charge in [0, 0.05) is 13.1 Å². The summed E-state index contributed by atoms with van der Waals surface area (Å²) in [6, 6.07) is 9.83. The van der Waals surface area contributed by atoms with Crippen molar-refractivity contribution in [1.82, 2.24) is 10.3 Å². The predicted molar refractivity (Wildman–Crippen MR) is 116 cm³/mol. The van der Waals surface area contributed by atoms with E-state index >= 15 is 0 Å². The van der Waals surface area contributed by atoms with Crippen LogP contribution in [0.2, 0.25) is 0 Å². The fourth-order valence-corrected chi connectivity index (χ4v) is 4.16. The zero-order chi connectivity index (χ0) is 20.6. The van der Waals surface area contributed by atoms with Gasteiger partial charge in [-0.1, -0.05) is 12.1 Å². The number of rotatable bonds is 7. The molecule has 1 aliphatic rings. The molecule has 9 heteroatoms. The first kappa shape index (κ1) is 21.9. The maximum absolute atomic E-state index is 13.0. The third-order valence-corrected chi connectivity index (χ3v) is 5.37. The summed E-state index contributed by atoms with van der Waals surface area (Å²) in [5.41, 5.74) is 4.18. The first-order valence-corrected chi connectivity index (χ1v) is 10.6. The van der Waals surface area contributed by atoms with Crippen LogP contribution in [-0.2, 0) is 16.1 Å². The Morgan fingerprint density at radius 1 is 1.21 bits per heavy atom. The standard InChI is InChI=1S/C20H20Br2FN3O3/c21-17-9-15(11-24-25-19(27)12-26-5-7-28-8-6-26)10-18(22)20(17)29-13-14-1-3-16(23)4-2-14/h1-4,9-11H,5-8,12-13H2,(H,25,27)/b24-11+. The van der Waals surface area contributed by atoms with Crippen LogP contribution in [0.25, 0.3) is 0 Å². The number of amides is 1. The number of halogens is 3. The number of nitrogens with one attached hydrogen (secondary N) is 1. The first-order chi connectivity index (χ1) is 14.0. The number of hydrazone groups is 1. The van der Waals surface area contributed by atoms with Crippen molar-refractivity contribution in [3.05, 3.63) is 62.3 Å². The molecule has 0 unspecified atom stereocenters. The van der Waals surface area contributed by atoms with Crippen molar-refractivity contribution >= 4 is 44.0 Å². The first-order valence-electron chi connectivity index (χ1n) is 8.99. The molecular weight excluding hydrogens is 509 g/mol. The van der Waals surface area contributed by atoms with E-state index in [9.17, 15) is 9.18 Å². The van der Waals surface area contributed by atoms with Gasteiger partial charge in [0.05, 0.1) is 34.9 Å². The number of carbonyl (C=O) groups is 1. The van der Waals surface area contributed by atoms with Gasteiger partial charge >= 0.3 is 0 Å². The maximum Gasteiger partial charge on any atom is 0.254 e. The number of hydrogen-bond acceptors (Lipinski definition) is 5. The Morgan fingerprint density at radius 2 is 1.86 bits per heavy atom. The molecule has 3 rings (SSSR count). The van der Waals surface area contributed by atoms with Gasteiger partial charge in [-0.2, -0.15) is 5.10 Å². The average Bonchev–Trinajstić information content (AvgIpc) is 2.69. The Bertz CT molecular complexity index is 849. The Kier molecular flexibility index (Phi) is 8.17. The summed E-state index contributed by atoms with van der Waals surface area (Å²) in [4.78, 5) is 14.0. The summed E-state index contributed by atoms with van der Waals surface area (Å²) in [5.74, 6) is 0.181. The molecule has 1 N–H and O–H groups in total. The molecule has 6 nitrogen and oxygen atoms in total. The number of benzene rings is 2. The van der Waals surface area contributed by atoms with Gasteiger partial charge in [-0.05, 0) is 67.3 Å². The second kappa shape index (κ2) is 10.8. The third kappa shape index (κ3) is 6.88. The highest BCUT2D eigenvalue weighted by Gasteiger charge is 2.13. The van der Waals surface area contributed by atoms with Crippen LogP contribution in [0, 0.1) is 5.82 Å². The van der Waals surface area contributed by atoms with E-state index in [-0.39, 0.29) is 11.7 Å². The summed E-state index contributed by atoms with van der Waals surface area (Å²) in [7, 11) is 0. The van der Waals surface area contributed by atoms with Crippen molar-refractivity contribution in [3.63, 3.8) is 0 Å². The summed E-state index contributed by atoms with van der Waals surface area (Å²) < 4.78 is 25.5. The summed E-state index contributed by atoms with van der Waals surface area (Å²) in [5, 5.41) is 4.02. The predicted octanol–water partition coefficient (Wildman–Crippen LogP) is 3.71. The van der Waals surface area contributed by atoms with Crippen molar-refractivity contribution < 1.29 is 18.7 Å². The molecule has 0 saturated carbocycles. The Morgan fingerprint density at radius 3 is 2.52 bits per heavy atom. The highest BCUT2D eigenvalue weighted by atomic mass is 79.9.